The monoisotopic (exact) mass is 193 g/mol. The largest absolute Gasteiger partial charge is 0.389 e. The van der Waals surface area contributed by atoms with E-state index in [0.717, 1.165) is 45.2 Å². The summed E-state index contributed by atoms with van der Waals surface area (Å²) in [5, 5.41) is 13.6. The van der Waals surface area contributed by atoms with E-state index in [1.54, 1.807) is 0 Å². The molecule has 0 aromatic heterocycles. The molecule has 0 aromatic carbocycles. The van der Waals surface area contributed by atoms with Crippen LogP contribution in [0.15, 0.2) is 23.8 Å². The van der Waals surface area contributed by atoms with Crippen LogP contribution in [0.3, 0.4) is 0 Å². The van der Waals surface area contributed by atoms with Gasteiger partial charge < -0.3 is 10.4 Å². The van der Waals surface area contributed by atoms with E-state index in [-0.39, 0.29) is 0 Å². The summed E-state index contributed by atoms with van der Waals surface area (Å²) < 4.78 is 0. The van der Waals surface area contributed by atoms with E-state index in [1.807, 2.05) is 0 Å². The van der Waals surface area contributed by atoms with Crippen molar-refractivity contribution in [2.24, 2.45) is 0 Å². The Morgan fingerprint density at radius 1 is 1.36 bits per heavy atom. The van der Waals surface area contributed by atoms with Crippen molar-refractivity contribution in [3.8, 4) is 0 Å². The van der Waals surface area contributed by atoms with Crippen LogP contribution in [0.5, 0.6) is 0 Å². The summed E-state index contributed by atoms with van der Waals surface area (Å²) in [4.78, 5) is 0. The van der Waals surface area contributed by atoms with Gasteiger partial charge in [-0.3, -0.25) is 0 Å². The molecule has 0 bridgehead atoms. The fraction of sp³-hybridized carbons (Fsp3) is 0.667. The molecule has 1 saturated heterocycles. The number of piperidine rings is 1. The van der Waals surface area contributed by atoms with Gasteiger partial charge in [0.05, 0.1) is 5.60 Å². The summed E-state index contributed by atoms with van der Waals surface area (Å²) in [5.41, 5.74) is 0.985. The van der Waals surface area contributed by atoms with Crippen LogP contribution < -0.4 is 5.32 Å². The molecule has 2 heteroatoms. The first-order chi connectivity index (χ1) is 6.79. The van der Waals surface area contributed by atoms with E-state index in [2.05, 4.69) is 23.5 Å². The molecule has 1 aliphatic heterocycles. The number of nitrogens with one attached hydrogen (secondary N) is 1. The number of allylic oxidation sites excluding steroid dienone is 3. The Balaban J connectivity index is 1.94. The second kappa shape index (κ2) is 4.28. The second-order valence-corrected chi connectivity index (χ2v) is 4.44. The van der Waals surface area contributed by atoms with Crippen molar-refractivity contribution in [2.45, 2.75) is 37.7 Å². The highest BCUT2D eigenvalue weighted by molar-refractivity contribution is 5.19. The van der Waals surface area contributed by atoms with Gasteiger partial charge in [-0.1, -0.05) is 23.8 Å². The maximum absolute atomic E-state index is 10.3. The van der Waals surface area contributed by atoms with E-state index in [4.69, 9.17) is 0 Å². The molecule has 78 valence electrons. The minimum Gasteiger partial charge on any atom is -0.389 e. The normalized spacial score (nSPS) is 25.9. The van der Waals surface area contributed by atoms with E-state index >= 15 is 0 Å². The molecule has 0 aromatic rings. The van der Waals surface area contributed by atoms with Crippen molar-refractivity contribution in [3.63, 3.8) is 0 Å². The summed E-state index contributed by atoms with van der Waals surface area (Å²) >= 11 is 0. The fourth-order valence-electron chi connectivity index (χ4n) is 2.29. The molecule has 1 heterocycles. The van der Waals surface area contributed by atoms with Crippen molar-refractivity contribution in [2.75, 3.05) is 13.1 Å². The van der Waals surface area contributed by atoms with Gasteiger partial charge in [0.15, 0.2) is 0 Å². The summed E-state index contributed by atoms with van der Waals surface area (Å²) in [6.07, 6.45) is 11.4. The lowest BCUT2D eigenvalue weighted by molar-refractivity contribution is 0.0102. The molecule has 2 nitrogen and oxygen atoms in total. The van der Waals surface area contributed by atoms with E-state index in [9.17, 15) is 5.11 Å². The first-order valence-electron chi connectivity index (χ1n) is 5.56. The third-order valence-corrected chi connectivity index (χ3v) is 3.19. The van der Waals surface area contributed by atoms with Gasteiger partial charge in [-0.15, -0.1) is 0 Å². The average molecular weight is 193 g/mol. The molecule has 0 radical (unpaired) electrons. The van der Waals surface area contributed by atoms with Crippen LogP contribution >= 0.6 is 0 Å². The van der Waals surface area contributed by atoms with Crippen LogP contribution in [0.25, 0.3) is 0 Å². The summed E-state index contributed by atoms with van der Waals surface area (Å²) in [6.45, 7) is 1.92. The quantitative estimate of drug-likeness (QED) is 0.700. The maximum Gasteiger partial charge on any atom is 0.0709 e. The lowest BCUT2D eigenvalue weighted by Gasteiger charge is -2.33. The highest BCUT2D eigenvalue weighted by Gasteiger charge is 2.29. The zero-order valence-corrected chi connectivity index (χ0v) is 8.63. The van der Waals surface area contributed by atoms with Crippen molar-refractivity contribution >= 4 is 0 Å². The lowest BCUT2D eigenvalue weighted by Crippen LogP contribution is -2.42. The number of hydrogen-bond donors (Lipinski definition) is 2. The lowest BCUT2D eigenvalue weighted by atomic mass is 9.84. The Morgan fingerprint density at radius 3 is 2.79 bits per heavy atom. The smallest absolute Gasteiger partial charge is 0.0709 e. The van der Waals surface area contributed by atoms with Crippen LogP contribution in [0, 0.1) is 0 Å². The van der Waals surface area contributed by atoms with Crippen LogP contribution in [-0.2, 0) is 0 Å². The summed E-state index contributed by atoms with van der Waals surface area (Å²) in [5.74, 6) is 0. The molecule has 0 amide bonds. The Hall–Kier alpha value is -0.600. The Bertz CT molecular complexity index is 249. The molecule has 1 aliphatic carbocycles. The van der Waals surface area contributed by atoms with Crippen LogP contribution in [0.4, 0.5) is 0 Å². The third-order valence-electron chi connectivity index (χ3n) is 3.19. The van der Waals surface area contributed by atoms with Gasteiger partial charge in [0.2, 0.25) is 0 Å². The third kappa shape index (κ3) is 2.46. The summed E-state index contributed by atoms with van der Waals surface area (Å²) in [7, 11) is 0. The topological polar surface area (TPSA) is 32.3 Å². The van der Waals surface area contributed by atoms with Gasteiger partial charge in [-0.2, -0.15) is 0 Å². The molecular formula is C12H19NO. The van der Waals surface area contributed by atoms with Gasteiger partial charge in [0.1, 0.15) is 0 Å². The van der Waals surface area contributed by atoms with Gasteiger partial charge in [-0.05, 0) is 45.2 Å². The molecule has 2 aliphatic rings. The molecule has 0 atom stereocenters. The first kappa shape index (κ1) is 9.94. The fourth-order valence-corrected chi connectivity index (χ4v) is 2.29. The summed E-state index contributed by atoms with van der Waals surface area (Å²) in [6, 6.07) is 0. The zero-order valence-electron chi connectivity index (χ0n) is 8.63. The molecule has 0 unspecified atom stereocenters. The molecule has 1 fully saturated rings. The SMILES string of the molecule is OC1(CC2=CC=CCC2)CCNCC1. The van der Waals surface area contributed by atoms with Gasteiger partial charge in [-0.25, -0.2) is 0 Å². The van der Waals surface area contributed by atoms with Gasteiger partial charge in [0.25, 0.3) is 0 Å². The maximum atomic E-state index is 10.3. The minimum absolute atomic E-state index is 0.428. The predicted molar refractivity (Wildman–Crippen MR) is 58.1 cm³/mol. The number of rotatable bonds is 2. The molecule has 0 saturated carbocycles. The molecular weight excluding hydrogens is 174 g/mol. The molecule has 0 spiro atoms. The van der Waals surface area contributed by atoms with Crippen molar-refractivity contribution < 1.29 is 5.11 Å². The number of aliphatic hydroxyl groups is 1. The first-order valence-corrected chi connectivity index (χ1v) is 5.56. The van der Waals surface area contributed by atoms with Crippen LogP contribution in [0.2, 0.25) is 0 Å². The van der Waals surface area contributed by atoms with Crippen molar-refractivity contribution in [3.05, 3.63) is 23.8 Å². The Kier molecular flexibility index (Phi) is 3.04. The van der Waals surface area contributed by atoms with Crippen LogP contribution in [0.1, 0.15) is 32.1 Å². The molecule has 2 rings (SSSR count). The van der Waals surface area contributed by atoms with E-state index in [1.165, 1.54) is 5.57 Å². The van der Waals surface area contributed by atoms with Crippen molar-refractivity contribution in [1.29, 1.82) is 0 Å². The van der Waals surface area contributed by atoms with E-state index < -0.39 is 5.60 Å². The minimum atomic E-state index is -0.428. The zero-order chi connectivity index (χ0) is 9.86. The average Bonchev–Trinajstić information content (AvgIpc) is 2.19. The Labute approximate surface area is 85.7 Å². The predicted octanol–water partition coefficient (Wildman–Crippen LogP) is 1.77. The second-order valence-electron chi connectivity index (χ2n) is 4.44. The highest BCUT2D eigenvalue weighted by Crippen LogP contribution is 2.29. The van der Waals surface area contributed by atoms with E-state index in [0.29, 0.717) is 0 Å². The number of hydrogen-bond acceptors (Lipinski definition) is 2. The van der Waals surface area contributed by atoms with Gasteiger partial charge >= 0.3 is 0 Å². The highest BCUT2D eigenvalue weighted by atomic mass is 16.3. The van der Waals surface area contributed by atoms with Crippen molar-refractivity contribution in [1.82, 2.24) is 5.32 Å². The molecule has 14 heavy (non-hydrogen) atoms. The Morgan fingerprint density at radius 2 is 2.14 bits per heavy atom. The standard InChI is InChI=1S/C12H19NO/c14-12(6-8-13-9-7-12)10-11-4-2-1-3-5-11/h1-2,4,13-14H,3,5-10H2. The van der Waals surface area contributed by atoms with Gasteiger partial charge in [0, 0.05) is 0 Å². The van der Waals surface area contributed by atoms with Crippen LogP contribution in [-0.4, -0.2) is 23.8 Å². The molecule has 2 N–H and O–H groups in total.